The Morgan fingerprint density at radius 2 is 1.76 bits per heavy atom. The first-order valence-corrected chi connectivity index (χ1v) is 10.9. The average molecular weight is 414 g/mol. The van der Waals surface area contributed by atoms with Crippen LogP contribution in [0.25, 0.3) is 0 Å². The average Bonchev–Trinajstić information content (AvgIpc) is 3.34. The summed E-state index contributed by atoms with van der Waals surface area (Å²) in [6.45, 7) is 3.83. The van der Waals surface area contributed by atoms with Crippen LogP contribution < -0.4 is 14.9 Å². The van der Waals surface area contributed by atoms with Crippen LogP contribution in [0.1, 0.15) is 18.7 Å². The second-order valence-corrected chi connectivity index (χ2v) is 8.67. The van der Waals surface area contributed by atoms with Crippen LogP contribution in [0.5, 0.6) is 0 Å². The lowest BCUT2D eigenvalue weighted by Crippen LogP contribution is -2.18. The van der Waals surface area contributed by atoms with E-state index in [-0.39, 0.29) is 5.03 Å². The second-order valence-electron chi connectivity index (χ2n) is 7.04. The zero-order valence-electron chi connectivity index (χ0n) is 16.3. The minimum atomic E-state index is -3.73. The monoisotopic (exact) mass is 413 g/mol. The van der Waals surface area contributed by atoms with Gasteiger partial charge in [-0.15, -0.1) is 5.10 Å². The van der Waals surface area contributed by atoms with Crippen molar-refractivity contribution < 1.29 is 8.42 Å². The molecule has 152 valence electrons. The summed E-state index contributed by atoms with van der Waals surface area (Å²) in [5.41, 5.74) is 2.29. The number of hydrogen-bond acceptors (Lipinski definition) is 7. The molecule has 1 saturated heterocycles. The lowest BCUT2D eigenvalue weighted by molar-refractivity contribution is 0.598. The Morgan fingerprint density at radius 1 is 1.07 bits per heavy atom. The minimum absolute atomic E-state index is 0.00583. The molecule has 1 fully saturated rings. The van der Waals surface area contributed by atoms with Crippen LogP contribution in [0, 0.1) is 6.92 Å². The van der Waals surface area contributed by atoms with Gasteiger partial charge in [0.25, 0.3) is 10.0 Å². The van der Waals surface area contributed by atoms with Gasteiger partial charge in [0.15, 0.2) is 10.8 Å². The second kappa shape index (κ2) is 7.70. The van der Waals surface area contributed by atoms with Gasteiger partial charge in [0.05, 0.1) is 11.9 Å². The largest absolute Gasteiger partial charge is 0.370 e. The molecule has 3 heterocycles. The van der Waals surface area contributed by atoms with Crippen LogP contribution in [0.2, 0.25) is 0 Å². The van der Waals surface area contributed by atoms with Crippen molar-refractivity contribution in [1.29, 1.82) is 0 Å². The van der Waals surface area contributed by atoms with E-state index in [1.165, 1.54) is 19.0 Å². The quantitative estimate of drug-likeness (QED) is 0.640. The number of nitrogens with one attached hydrogen (secondary N) is 2. The van der Waals surface area contributed by atoms with Crippen molar-refractivity contribution in [2.24, 2.45) is 7.05 Å². The van der Waals surface area contributed by atoms with Crippen LogP contribution >= 0.6 is 0 Å². The van der Waals surface area contributed by atoms with E-state index in [2.05, 4.69) is 30.1 Å². The van der Waals surface area contributed by atoms with Gasteiger partial charge in [-0.3, -0.25) is 4.72 Å². The summed E-state index contributed by atoms with van der Waals surface area (Å²) in [6.07, 6.45) is 5.65. The molecule has 2 N–H and O–H groups in total. The molecule has 0 radical (unpaired) electrons. The maximum Gasteiger partial charge on any atom is 0.280 e. The molecule has 1 aliphatic rings. The molecule has 0 unspecified atom stereocenters. The molecule has 4 rings (SSSR count). The molecular formula is C19H23N7O2S. The Kier molecular flexibility index (Phi) is 5.10. The molecule has 0 amide bonds. The first kappa shape index (κ1) is 19.2. The van der Waals surface area contributed by atoms with E-state index in [0.29, 0.717) is 17.3 Å². The fourth-order valence-electron chi connectivity index (χ4n) is 3.20. The van der Waals surface area contributed by atoms with E-state index in [1.807, 2.05) is 6.07 Å². The molecule has 3 aromatic rings. The molecule has 0 aliphatic carbocycles. The van der Waals surface area contributed by atoms with Crippen LogP contribution in [0.3, 0.4) is 0 Å². The van der Waals surface area contributed by atoms with Crippen molar-refractivity contribution in [2.75, 3.05) is 28.0 Å². The summed E-state index contributed by atoms with van der Waals surface area (Å²) in [5.74, 6) is 1.27. The molecule has 0 spiro atoms. The maximum atomic E-state index is 12.5. The zero-order valence-corrected chi connectivity index (χ0v) is 17.1. The van der Waals surface area contributed by atoms with E-state index in [0.717, 1.165) is 24.5 Å². The number of rotatable bonds is 6. The number of imidazole rings is 1. The van der Waals surface area contributed by atoms with E-state index >= 15 is 0 Å². The number of nitrogens with zero attached hydrogens (tertiary/aromatic N) is 5. The van der Waals surface area contributed by atoms with Crippen LogP contribution in [-0.4, -0.2) is 41.3 Å². The summed E-state index contributed by atoms with van der Waals surface area (Å²) >= 11 is 0. The Balaban J connectivity index is 1.45. The Morgan fingerprint density at radius 3 is 2.41 bits per heavy atom. The van der Waals surface area contributed by atoms with Crippen LogP contribution in [-0.2, 0) is 17.1 Å². The molecule has 9 nitrogen and oxygen atoms in total. The third-order valence-corrected chi connectivity index (χ3v) is 6.13. The fraction of sp³-hybridized carbons (Fsp3) is 0.316. The fourth-order valence-corrected chi connectivity index (χ4v) is 4.30. The van der Waals surface area contributed by atoms with Gasteiger partial charge in [-0.2, -0.15) is 13.5 Å². The highest BCUT2D eigenvalue weighted by Crippen LogP contribution is 2.24. The zero-order chi connectivity index (χ0) is 20.4. The molecule has 2 aromatic heterocycles. The van der Waals surface area contributed by atoms with Gasteiger partial charge in [0, 0.05) is 43.8 Å². The molecule has 0 saturated carbocycles. The van der Waals surface area contributed by atoms with Crippen molar-refractivity contribution in [3.63, 3.8) is 0 Å². The molecule has 0 atom stereocenters. The molecule has 0 bridgehead atoms. The smallest absolute Gasteiger partial charge is 0.280 e. The highest BCUT2D eigenvalue weighted by atomic mass is 32.2. The van der Waals surface area contributed by atoms with E-state index in [9.17, 15) is 8.42 Å². The lowest BCUT2D eigenvalue weighted by atomic mass is 10.3. The van der Waals surface area contributed by atoms with Crippen molar-refractivity contribution in [2.45, 2.75) is 24.8 Å². The molecular weight excluding hydrogens is 390 g/mol. The Labute approximate surface area is 169 Å². The van der Waals surface area contributed by atoms with Crippen molar-refractivity contribution >= 4 is 32.9 Å². The topological polar surface area (TPSA) is 105 Å². The Hall–Kier alpha value is -3.14. The highest BCUT2D eigenvalue weighted by Gasteiger charge is 2.18. The third kappa shape index (κ3) is 4.32. The molecule has 29 heavy (non-hydrogen) atoms. The van der Waals surface area contributed by atoms with Gasteiger partial charge in [0.2, 0.25) is 0 Å². The SMILES string of the molecule is Cc1nc(S(=O)(=O)Nc2ccc(Nc3cc(N4CCCC4)cnn3)cc2)cn1C. The van der Waals surface area contributed by atoms with Gasteiger partial charge >= 0.3 is 0 Å². The molecule has 1 aliphatic heterocycles. The summed E-state index contributed by atoms with van der Waals surface area (Å²) in [7, 11) is -1.98. The number of sulfonamides is 1. The van der Waals surface area contributed by atoms with Gasteiger partial charge in [-0.05, 0) is 44.0 Å². The maximum absolute atomic E-state index is 12.5. The summed E-state index contributed by atoms with van der Waals surface area (Å²) < 4.78 is 29.2. The van der Waals surface area contributed by atoms with Gasteiger partial charge in [-0.1, -0.05) is 0 Å². The van der Waals surface area contributed by atoms with E-state index < -0.39 is 10.0 Å². The summed E-state index contributed by atoms with van der Waals surface area (Å²) in [4.78, 5) is 6.36. The van der Waals surface area contributed by atoms with E-state index in [4.69, 9.17) is 0 Å². The number of benzene rings is 1. The van der Waals surface area contributed by atoms with Crippen LogP contribution in [0.4, 0.5) is 22.9 Å². The standard InChI is InChI=1S/C19H23N7O2S/c1-14-21-19(13-25(14)2)29(27,28)24-16-7-5-15(6-8-16)22-18-11-17(12-20-23-18)26-9-3-4-10-26/h5-8,11-13,24H,3-4,9-10H2,1-2H3,(H,22,23). The van der Waals surface area contributed by atoms with E-state index in [1.54, 1.807) is 49.0 Å². The highest BCUT2D eigenvalue weighted by molar-refractivity contribution is 7.92. The minimum Gasteiger partial charge on any atom is -0.370 e. The molecule has 10 heteroatoms. The van der Waals surface area contributed by atoms with Crippen LogP contribution in [0.15, 0.2) is 47.8 Å². The van der Waals surface area contributed by atoms with Gasteiger partial charge < -0.3 is 14.8 Å². The summed E-state index contributed by atoms with van der Waals surface area (Å²) in [5, 5.41) is 11.4. The van der Waals surface area contributed by atoms with Crippen molar-refractivity contribution in [1.82, 2.24) is 19.7 Å². The number of anilines is 4. The summed E-state index contributed by atoms with van der Waals surface area (Å²) in [6, 6.07) is 8.91. The number of hydrogen-bond donors (Lipinski definition) is 2. The van der Waals surface area contributed by atoms with Crippen molar-refractivity contribution in [3.05, 3.63) is 48.5 Å². The first-order chi connectivity index (χ1) is 13.9. The predicted octanol–water partition coefficient (Wildman–Crippen LogP) is 2.66. The Bertz CT molecular complexity index is 1080. The lowest BCUT2D eigenvalue weighted by Gasteiger charge is -2.17. The third-order valence-electron chi connectivity index (χ3n) is 4.88. The normalized spacial score (nSPS) is 14.2. The predicted molar refractivity (Wildman–Crippen MR) is 112 cm³/mol. The number of aryl methyl sites for hydroxylation is 2. The van der Waals surface area contributed by atoms with Gasteiger partial charge in [-0.25, -0.2) is 4.98 Å². The van der Waals surface area contributed by atoms with Crippen molar-refractivity contribution in [3.8, 4) is 0 Å². The molecule has 1 aromatic carbocycles. The van der Waals surface area contributed by atoms with Gasteiger partial charge in [0.1, 0.15) is 5.82 Å². The first-order valence-electron chi connectivity index (χ1n) is 9.38. The number of aromatic nitrogens is 4.